The van der Waals surface area contributed by atoms with E-state index in [4.69, 9.17) is 9.15 Å². The van der Waals surface area contributed by atoms with E-state index in [0.29, 0.717) is 31.0 Å². The van der Waals surface area contributed by atoms with Gasteiger partial charge in [-0.05, 0) is 43.7 Å². The monoisotopic (exact) mass is 361 g/mol. The number of aryl methyl sites for hydroxylation is 2. The highest BCUT2D eigenvalue weighted by molar-refractivity contribution is 5.89. The molecule has 6 nitrogen and oxygen atoms in total. The summed E-state index contributed by atoms with van der Waals surface area (Å²) >= 11 is 0. The molecule has 0 bridgehead atoms. The molecule has 2 aromatic rings. The lowest BCUT2D eigenvalue weighted by molar-refractivity contribution is 0.0122. The van der Waals surface area contributed by atoms with Gasteiger partial charge in [-0.15, -0.1) is 0 Å². The van der Waals surface area contributed by atoms with Crippen LogP contribution < -0.4 is 10.6 Å². The average Bonchev–Trinajstić information content (AvgIpc) is 3.05. The van der Waals surface area contributed by atoms with E-state index in [1.807, 2.05) is 19.1 Å². The van der Waals surface area contributed by atoms with Gasteiger partial charge in [0.05, 0.1) is 19.3 Å². The number of anilines is 1. The molecule has 0 spiro atoms. The maximum atomic E-state index is 13.6. The third-order valence-electron chi connectivity index (χ3n) is 4.46. The molecule has 3 rings (SSSR count). The van der Waals surface area contributed by atoms with Gasteiger partial charge >= 0.3 is 6.03 Å². The molecule has 1 aliphatic rings. The number of urea groups is 1. The number of hydrogen-bond donors (Lipinski definition) is 2. The number of hydrogen-bond acceptors (Lipinski definition) is 4. The summed E-state index contributed by atoms with van der Waals surface area (Å²) in [6.07, 6.45) is 0. The summed E-state index contributed by atoms with van der Waals surface area (Å²) in [5.41, 5.74) is 0.957. The SMILES string of the molecule is Cc1ccc(C(CNC(=O)Nc2ccc(C)c(F)c2)N2CCOCC2)o1. The van der Waals surface area contributed by atoms with Crippen molar-refractivity contribution in [2.75, 3.05) is 38.2 Å². The van der Waals surface area contributed by atoms with Gasteiger partial charge in [0, 0.05) is 25.3 Å². The topological polar surface area (TPSA) is 66.7 Å². The van der Waals surface area contributed by atoms with Crippen molar-refractivity contribution in [1.29, 1.82) is 0 Å². The van der Waals surface area contributed by atoms with E-state index in [1.54, 1.807) is 19.1 Å². The summed E-state index contributed by atoms with van der Waals surface area (Å²) < 4.78 is 24.8. The van der Waals surface area contributed by atoms with Crippen LogP contribution in [0.3, 0.4) is 0 Å². The van der Waals surface area contributed by atoms with Crippen LogP contribution in [0.5, 0.6) is 0 Å². The van der Waals surface area contributed by atoms with Gasteiger partial charge in [0.2, 0.25) is 0 Å². The van der Waals surface area contributed by atoms with E-state index >= 15 is 0 Å². The molecule has 1 unspecified atom stereocenters. The Labute approximate surface area is 152 Å². The predicted octanol–water partition coefficient (Wildman–Crippen LogP) is 3.23. The third-order valence-corrected chi connectivity index (χ3v) is 4.46. The Balaban J connectivity index is 1.62. The lowest BCUT2D eigenvalue weighted by Gasteiger charge is -2.33. The molecule has 1 fully saturated rings. The number of halogens is 1. The van der Waals surface area contributed by atoms with E-state index in [0.717, 1.165) is 24.6 Å². The van der Waals surface area contributed by atoms with Crippen LogP contribution in [0.15, 0.2) is 34.7 Å². The second-order valence-electron chi connectivity index (χ2n) is 6.41. The van der Waals surface area contributed by atoms with Gasteiger partial charge in [0.25, 0.3) is 0 Å². The largest absolute Gasteiger partial charge is 0.465 e. The average molecular weight is 361 g/mol. The fraction of sp³-hybridized carbons (Fsp3) is 0.421. The van der Waals surface area contributed by atoms with Crippen LogP contribution in [0.1, 0.15) is 23.1 Å². The van der Waals surface area contributed by atoms with E-state index in [1.165, 1.54) is 6.07 Å². The van der Waals surface area contributed by atoms with Crippen molar-refractivity contribution in [2.24, 2.45) is 0 Å². The number of carbonyl (C=O) groups is 1. The smallest absolute Gasteiger partial charge is 0.319 e. The number of furan rings is 1. The molecule has 1 atom stereocenters. The predicted molar refractivity (Wildman–Crippen MR) is 96.7 cm³/mol. The van der Waals surface area contributed by atoms with E-state index < -0.39 is 0 Å². The van der Waals surface area contributed by atoms with Gasteiger partial charge in [-0.1, -0.05) is 6.07 Å². The second kappa shape index (κ2) is 8.33. The third kappa shape index (κ3) is 4.62. The summed E-state index contributed by atoms with van der Waals surface area (Å²) in [5, 5.41) is 5.52. The Kier molecular flexibility index (Phi) is 5.90. The minimum absolute atomic E-state index is 0.0758. The van der Waals surface area contributed by atoms with Gasteiger partial charge in [0.1, 0.15) is 17.3 Å². The van der Waals surface area contributed by atoms with Crippen LogP contribution in [0.4, 0.5) is 14.9 Å². The van der Waals surface area contributed by atoms with Crippen molar-refractivity contribution < 1.29 is 18.3 Å². The second-order valence-corrected chi connectivity index (χ2v) is 6.41. The molecule has 0 radical (unpaired) electrons. The fourth-order valence-corrected chi connectivity index (χ4v) is 2.97. The number of rotatable bonds is 5. The Hall–Kier alpha value is -2.38. The number of amides is 2. The molecular weight excluding hydrogens is 337 g/mol. The first-order valence-corrected chi connectivity index (χ1v) is 8.72. The number of carbonyl (C=O) groups excluding carboxylic acids is 1. The standard InChI is InChI=1S/C19H24FN3O3/c1-13-3-5-15(11-16(13)20)22-19(24)21-12-17(18-6-4-14(2)26-18)23-7-9-25-10-8-23/h3-6,11,17H,7-10,12H2,1-2H3,(H2,21,22,24). The fourth-order valence-electron chi connectivity index (χ4n) is 2.97. The van der Waals surface area contributed by atoms with Crippen LogP contribution in [0.25, 0.3) is 0 Å². The zero-order chi connectivity index (χ0) is 18.5. The van der Waals surface area contributed by atoms with Crippen LogP contribution in [0.2, 0.25) is 0 Å². The lowest BCUT2D eigenvalue weighted by atomic mass is 10.1. The highest BCUT2D eigenvalue weighted by Gasteiger charge is 2.25. The van der Waals surface area contributed by atoms with E-state index in [-0.39, 0.29) is 17.9 Å². The number of morpholine rings is 1. The van der Waals surface area contributed by atoms with Crippen molar-refractivity contribution in [3.05, 3.63) is 53.2 Å². The van der Waals surface area contributed by atoms with Crippen molar-refractivity contribution >= 4 is 11.7 Å². The number of ether oxygens (including phenoxy) is 1. The molecule has 1 aromatic carbocycles. The summed E-state index contributed by atoms with van der Waals surface area (Å²) in [4.78, 5) is 14.4. The molecule has 2 amide bonds. The number of nitrogens with one attached hydrogen (secondary N) is 2. The molecule has 2 N–H and O–H groups in total. The first-order chi connectivity index (χ1) is 12.5. The van der Waals surface area contributed by atoms with Crippen LogP contribution in [0, 0.1) is 19.7 Å². The van der Waals surface area contributed by atoms with Crippen LogP contribution in [-0.4, -0.2) is 43.8 Å². The zero-order valence-corrected chi connectivity index (χ0v) is 15.0. The normalized spacial score (nSPS) is 16.3. The molecule has 0 saturated carbocycles. The first kappa shape index (κ1) is 18.4. The lowest BCUT2D eigenvalue weighted by Crippen LogP contribution is -2.44. The summed E-state index contributed by atoms with van der Waals surface area (Å²) in [6, 6.07) is 8.01. The van der Waals surface area contributed by atoms with Crippen molar-refractivity contribution in [1.82, 2.24) is 10.2 Å². The molecule has 2 heterocycles. The minimum Gasteiger partial charge on any atom is -0.465 e. The Morgan fingerprint density at radius 3 is 2.65 bits per heavy atom. The Morgan fingerprint density at radius 2 is 2.00 bits per heavy atom. The van der Waals surface area contributed by atoms with Crippen LogP contribution >= 0.6 is 0 Å². The first-order valence-electron chi connectivity index (χ1n) is 8.72. The van der Waals surface area contributed by atoms with Crippen molar-refractivity contribution in [2.45, 2.75) is 19.9 Å². The highest BCUT2D eigenvalue weighted by atomic mass is 19.1. The van der Waals surface area contributed by atoms with E-state index in [2.05, 4.69) is 15.5 Å². The van der Waals surface area contributed by atoms with Gasteiger partial charge in [-0.2, -0.15) is 0 Å². The number of benzene rings is 1. The molecule has 1 aliphatic heterocycles. The van der Waals surface area contributed by atoms with E-state index in [9.17, 15) is 9.18 Å². The maximum Gasteiger partial charge on any atom is 0.319 e. The van der Waals surface area contributed by atoms with Crippen molar-refractivity contribution in [3.8, 4) is 0 Å². The Morgan fingerprint density at radius 1 is 1.23 bits per heavy atom. The summed E-state index contributed by atoms with van der Waals surface area (Å²) in [6.45, 7) is 6.82. The van der Waals surface area contributed by atoms with Gasteiger partial charge in [-0.25, -0.2) is 9.18 Å². The zero-order valence-electron chi connectivity index (χ0n) is 15.0. The molecule has 0 aliphatic carbocycles. The minimum atomic E-state index is -0.380. The van der Waals surface area contributed by atoms with Gasteiger partial charge in [-0.3, -0.25) is 4.90 Å². The molecule has 7 heteroatoms. The van der Waals surface area contributed by atoms with Crippen molar-refractivity contribution in [3.63, 3.8) is 0 Å². The molecule has 1 aromatic heterocycles. The highest BCUT2D eigenvalue weighted by Crippen LogP contribution is 2.23. The molecule has 26 heavy (non-hydrogen) atoms. The number of nitrogens with zero attached hydrogens (tertiary/aromatic N) is 1. The molecule has 140 valence electrons. The van der Waals surface area contributed by atoms with Crippen LogP contribution in [-0.2, 0) is 4.74 Å². The van der Waals surface area contributed by atoms with Gasteiger partial charge in [0.15, 0.2) is 0 Å². The quantitative estimate of drug-likeness (QED) is 0.858. The summed E-state index contributed by atoms with van der Waals surface area (Å²) in [7, 11) is 0. The summed E-state index contributed by atoms with van der Waals surface area (Å²) in [5.74, 6) is 1.30. The molecular formula is C19H24FN3O3. The Bertz CT molecular complexity index is 756. The maximum absolute atomic E-state index is 13.6. The van der Waals surface area contributed by atoms with Gasteiger partial charge < -0.3 is 19.8 Å². The molecule has 1 saturated heterocycles.